The highest BCUT2D eigenvalue weighted by Crippen LogP contribution is 1.93. The third-order valence-electron chi connectivity index (χ3n) is 1.78. The summed E-state index contributed by atoms with van der Waals surface area (Å²) in [5.41, 5.74) is 0. The minimum absolute atomic E-state index is 0.0632. The standard InChI is InChI=1S/C5H8O4.2C4H11N/c6-4(7)2-1-3-5(8)9;2*1-3-5-4-2/h1-3H2,(H,6,7)(H,8,9);2*5H,3-4H2,1-2H3. The molecule has 0 aliphatic carbocycles. The van der Waals surface area contributed by atoms with E-state index in [2.05, 4.69) is 38.3 Å². The van der Waals surface area contributed by atoms with Gasteiger partial charge in [-0.25, -0.2) is 0 Å². The van der Waals surface area contributed by atoms with Crippen LogP contribution in [0.25, 0.3) is 0 Å². The van der Waals surface area contributed by atoms with Crippen LogP contribution in [0.4, 0.5) is 0 Å². The van der Waals surface area contributed by atoms with Gasteiger partial charge in [-0.15, -0.1) is 0 Å². The van der Waals surface area contributed by atoms with Crippen molar-refractivity contribution in [2.45, 2.75) is 47.0 Å². The lowest BCUT2D eigenvalue weighted by molar-refractivity contribution is -0.138. The first-order chi connectivity index (χ1) is 8.95. The molecule has 0 heterocycles. The van der Waals surface area contributed by atoms with E-state index in [4.69, 9.17) is 10.2 Å². The Labute approximate surface area is 116 Å². The van der Waals surface area contributed by atoms with Gasteiger partial charge in [0.15, 0.2) is 0 Å². The molecule has 0 bridgehead atoms. The first-order valence-electron chi connectivity index (χ1n) is 6.81. The van der Waals surface area contributed by atoms with Crippen LogP contribution in [-0.2, 0) is 9.59 Å². The molecular weight excluding hydrogens is 248 g/mol. The third kappa shape index (κ3) is 47.4. The zero-order chi connectivity index (χ0) is 15.5. The fourth-order valence-corrected chi connectivity index (χ4v) is 0.891. The van der Waals surface area contributed by atoms with Gasteiger partial charge in [-0.3, -0.25) is 9.59 Å². The third-order valence-corrected chi connectivity index (χ3v) is 1.78. The van der Waals surface area contributed by atoms with Crippen molar-refractivity contribution >= 4 is 11.9 Å². The molecule has 0 aromatic rings. The van der Waals surface area contributed by atoms with E-state index in [-0.39, 0.29) is 19.3 Å². The molecule has 6 nitrogen and oxygen atoms in total. The molecule has 6 heteroatoms. The summed E-state index contributed by atoms with van der Waals surface area (Å²) in [7, 11) is 0. The Morgan fingerprint density at radius 3 is 1.11 bits per heavy atom. The maximum Gasteiger partial charge on any atom is 0.303 e. The van der Waals surface area contributed by atoms with Gasteiger partial charge >= 0.3 is 11.9 Å². The summed E-state index contributed by atoms with van der Waals surface area (Å²) in [6.45, 7) is 12.8. The van der Waals surface area contributed by atoms with E-state index in [1.165, 1.54) is 0 Å². The molecule has 0 aromatic heterocycles. The Morgan fingerprint density at radius 1 is 0.737 bits per heavy atom. The van der Waals surface area contributed by atoms with Crippen molar-refractivity contribution in [2.24, 2.45) is 0 Å². The molecule has 19 heavy (non-hydrogen) atoms. The van der Waals surface area contributed by atoms with Crippen LogP contribution in [0.1, 0.15) is 47.0 Å². The SMILES string of the molecule is CCNCC.CCNCC.O=C(O)CCCC(=O)O. The molecule has 0 amide bonds. The zero-order valence-corrected chi connectivity index (χ0v) is 12.7. The van der Waals surface area contributed by atoms with E-state index in [1.54, 1.807) is 0 Å². The van der Waals surface area contributed by atoms with Crippen LogP contribution in [0.3, 0.4) is 0 Å². The topological polar surface area (TPSA) is 98.7 Å². The number of carbonyl (C=O) groups is 2. The first kappa shape index (κ1) is 23.0. The second kappa shape index (κ2) is 22.1. The molecular formula is C13H30N2O4. The fourth-order valence-electron chi connectivity index (χ4n) is 0.891. The van der Waals surface area contributed by atoms with Gasteiger partial charge < -0.3 is 20.8 Å². The van der Waals surface area contributed by atoms with Crippen molar-refractivity contribution in [1.29, 1.82) is 0 Å². The summed E-state index contributed by atoms with van der Waals surface area (Å²) >= 11 is 0. The predicted octanol–water partition coefficient (Wildman–Crippen LogP) is 1.56. The molecule has 116 valence electrons. The minimum atomic E-state index is -0.948. The highest BCUT2D eigenvalue weighted by molar-refractivity contribution is 5.69. The number of nitrogens with one attached hydrogen (secondary N) is 2. The van der Waals surface area contributed by atoms with Crippen molar-refractivity contribution in [2.75, 3.05) is 26.2 Å². The lowest BCUT2D eigenvalue weighted by Gasteiger charge is -1.89. The molecule has 0 unspecified atom stereocenters. The number of hydrogen-bond acceptors (Lipinski definition) is 4. The van der Waals surface area contributed by atoms with Gasteiger partial charge in [0.25, 0.3) is 0 Å². The van der Waals surface area contributed by atoms with Crippen LogP contribution >= 0.6 is 0 Å². The summed E-state index contributed by atoms with van der Waals surface area (Å²) in [4.78, 5) is 19.6. The predicted molar refractivity (Wildman–Crippen MR) is 77.6 cm³/mol. The normalized spacial score (nSPS) is 8.63. The Hall–Kier alpha value is -1.14. The maximum absolute atomic E-state index is 9.79. The summed E-state index contributed by atoms with van der Waals surface area (Å²) in [6, 6.07) is 0. The molecule has 0 aliphatic rings. The molecule has 0 rings (SSSR count). The van der Waals surface area contributed by atoms with Crippen LogP contribution in [0, 0.1) is 0 Å². The molecule has 0 fully saturated rings. The van der Waals surface area contributed by atoms with E-state index < -0.39 is 11.9 Å². The van der Waals surface area contributed by atoms with Crippen LogP contribution in [-0.4, -0.2) is 48.3 Å². The molecule has 0 atom stereocenters. The number of aliphatic carboxylic acids is 2. The summed E-state index contributed by atoms with van der Waals surface area (Å²) in [5, 5.41) is 22.3. The molecule has 4 N–H and O–H groups in total. The molecule has 0 radical (unpaired) electrons. The molecule has 0 aromatic carbocycles. The number of hydrogen-bond donors (Lipinski definition) is 4. The average molecular weight is 278 g/mol. The zero-order valence-electron chi connectivity index (χ0n) is 12.7. The second-order valence-electron chi connectivity index (χ2n) is 3.56. The quantitative estimate of drug-likeness (QED) is 0.538. The van der Waals surface area contributed by atoms with E-state index in [9.17, 15) is 9.59 Å². The van der Waals surface area contributed by atoms with Gasteiger partial charge in [-0.05, 0) is 32.6 Å². The lowest BCUT2D eigenvalue weighted by Crippen LogP contribution is -2.09. The van der Waals surface area contributed by atoms with E-state index in [0.29, 0.717) is 0 Å². The van der Waals surface area contributed by atoms with Crippen LogP contribution in [0.2, 0.25) is 0 Å². The van der Waals surface area contributed by atoms with Crippen molar-refractivity contribution in [3.63, 3.8) is 0 Å². The van der Waals surface area contributed by atoms with Gasteiger partial charge in [0.05, 0.1) is 0 Å². The first-order valence-corrected chi connectivity index (χ1v) is 6.81. The number of rotatable bonds is 8. The Kier molecular flexibility index (Phi) is 26.7. The smallest absolute Gasteiger partial charge is 0.303 e. The van der Waals surface area contributed by atoms with Crippen LogP contribution < -0.4 is 10.6 Å². The molecule has 0 aliphatic heterocycles. The minimum Gasteiger partial charge on any atom is -0.481 e. The lowest BCUT2D eigenvalue weighted by atomic mass is 10.2. The molecule has 0 spiro atoms. The van der Waals surface area contributed by atoms with Gasteiger partial charge in [0, 0.05) is 12.8 Å². The molecule has 0 saturated carbocycles. The largest absolute Gasteiger partial charge is 0.481 e. The molecule has 0 saturated heterocycles. The fraction of sp³-hybridized carbons (Fsp3) is 0.846. The van der Waals surface area contributed by atoms with E-state index >= 15 is 0 Å². The van der Waals surface area contributed by atoms with Crippen LogP contribution in [0.5, 0.6) is 0 Å². The van der Waals surface area contributed by atoms with E-state index in [0.717, 1.165) is 26.2 Å². The van der Waals surface area contributed by atoms with Crippen LogP contribution in [0.15, 0.2) is 0 Å². The van der Waals surface area contributed by atoms with Crippen molar-refractivity contribution in [1.82, 2.24) is 10.6 Å². The van der Waals surface area contributed by atoms with Gasteiger partial charge in [0.2, 0.25) is 0 Å². The highest BCUT2D eigenvalue weighted by Gasteiger charge is 1.99. The van der Waals surface area contributed by atoms with Crippen molar-refractivity contribution in [3.8, 4) is 0 Å². The second-order valence-corrected chi connectivity index (χ2v) is 3.56. The average Bonchev–Trinajstić information content (AvgIpc) is 2.31. The van der Waals surface area contributed by atoms with E-state index in [1.807, 2.05) is 0 Å². The van der Waals surface area contributed by atoms with Gasteiger partial charge in [-0.1, -0.05) is 27.7 Å². The summed E-state index contributed by atoms with van der Waals surface area (Å²) in [5.74, 6) is -1.90. The van der Waals surface area contributed by atoms with Gasteiger partial charge in [0.1, 0.15) is 0 Å². The Morgan fingerprint density at radius 2 is 1.00 bits per heavy atom. The van der Waals surface area contributed by atoms with Crippen molar-refractivity contribution < 1.29 is 19.8 Å². The maximum atomic E-state index is 9.79. The Bertz CT molecular complexity index is 175. The Balaban J connectivity index is -0.000000219. The van der Waals surface area contributed by atoms with Gasteiger partial charge in [-0.2, -0.15) is 0 Å². The highest BCUT2D eigenvalue weighted by atomic mass is 16.4. The monoisotopic (exact) mass is 278 g/mol. The van der Waals surface area contributed by atoms with Crippen molar-refractivity contribution in [3.05, 3.63) is 0 Å². The summed E-state index contributed by atoms with van der Waals surface area (Å²) in [6.07, 6.45) is 0.0866. The summed E-state index contributed by atoms with van der Waals surface area (Å²) < 4.78 is 0. The number of carboxylic acid groups (broad SMARTS) is 2. The number of carboxylic acids is 2.